The normalized spacial score (nSPS) is 13.3. The lowest BCUT2D eigenvalue weighted by Crippen LogP contribution is -2.38. The average Bonchev–Trinajstić information content (AvgIpc) is 2.64. The van der Waals surface area contributed by atoms with Crippen LogP contribution in [0, 0.1) is 0 Å². The molecule has 104 valence electrons. The molecule has 4 nitrogen and oxygen atoms in total. The highest BCUT2D eigenvalue weighted by Gasteiger charge is 2.18. The smallest absolute Gasteiger partial charge is 0.0766 e. The maximum absolute atomic E-state index is 4.64. The molecule has 1 aromatic rings. The summed E-state index contributed by atoms with van der Waals surface area (Å²) in [7, 11) is 6.23. The van der Waals surface area contributed by atoms with Crippen molar-refractivity contribution in [2.45, 2.75) is 39.3 Å². The van der Waals surface area contributed by atoms with Crippen LogP contribution in [-0.2, 0) is 19.4 Å². The van der Waals surface area contributed by atoms with Crippen LogP contribution >= 0.6 is 15.9 Å². The molecule has 0 aromatic carbocycles. The topological polar surface area (TPSA) is 33.1 Å². The summed E-state index contributed by atoms with van der Waals surface area (Å²) in [6, 6.07) is 0.447. The van der Waals surface area contributed by atoms with Gasteiger partial charge in [0.15, 0.2) is 0 Å². The summed E-state index contributed by atoms with van der Waals surface area (Å²) in [5, 5.41) is 8.03. The van der Waals surface area contributed by atoms with Gasteiger partial charge in [-0.1, -0.05) is 6.92 Å². The van der Waals surface area contributed by atoms with Gasteiger partial charge >= 0.3 is 0 Å². The Labute approximate surface area is 119 Å². The Hall–Kier alpha value is -0.390. The minimum Gasteiger partial charge on any atom is -0.315 e. The summed E-state index contributed by atoms with van der Waals surface area (Å²) in [4.78, 5) is 2.21. The minimum absolute atomic E-state index is 0.447. The Bertz CT molecular complexity index is 373. The molecule has 18 heavy (non-hydrogen) atoms. The third-order valence-corrected chi connectivity index (χ3v) is 4.04. The molecule has 0 aliphatic carbocycles. The molecule has 0 radical (unpaired) electrons. The molecule has 0 spiro atoms. The first-order valence-electron chi connectivity index (χ1n) is 6.59. The Morgan fingerprint density at radius 1 is 1.39 bits per heavy atom. The Kier molecular flexibility index (Phi) is 6.32. The van der Waals surface area contributed by atoms with Crippen LogP contribution in [0.25, 0.3) is 0 Å². The van der Waals surface area contributed by atoms with E-state index in [9.17, 15) is 0 Å². The molecule has 0 aliphatic rings. The predicted octanol–water partition coefficient (Wildman–Crippen LogP) is 1.92. The maximum atomic E-state index is 4.64. The second kappa shape index (κ2) is 7.26. The van der Waals surface area contributed by atoms with Crippen molar-refractivity contribution in [3.05, 3.63) is 15.9 Å². The highest BCUT2D eigenvalue weighted by atomic mass is 79.9. The molecule has 0 fully saturated rings. The average molecular weight is 317 g/mol. The molecule has 0 bridgehead atoms. The van der Waals surface area contributed by atoms with Gasteiger partial charge in [-0.3, -0.25) is 4.68 Å². The monoisotopic (exact) mass is 316 g/mol. The quantitative estimate of drug-likeness (QED) is 0.834. The molecule has 1 aromatic heterocycles. The second-order valence-electron chi connectivity index (χ2n) is 4.83. The van der Waals surface area contributed by atoms with E-state index in [1.165, 1.54) is 10.2 Å². The standard InChI is InChI=1S/C13H25BrN4/c1-6-11-13(14)12(18(7-2)16-11)8-10(15-3)9-17(4)5/h10,15H,6-9H2,1-5H3. The number of halogens is 1. The molecule has 1 rings (SSSR count). The summed E-state index contributed by atoms with van der Waals surface area (Å²) in [6.07, 6.45) is 1.97. The zero-order valence-electron chi connectivity index (χ0n) is 12.1. The van der Waals surface area contributed by atoms with Gasteiger partial charge in [0.2, 0.25) is 0 Å². The molecular weight excluding hydrogens is 292 g/mol. The van der Waals surface area contributed by atoms with Crippen LogP contribution in [0.1, 0.15) is 25.2 Å². The second-order valence-corrected chi connectivity index (χ2v) is 5.62. The molecule has 0 saturated carbocycles. The van der Waals surface area contributed by atoms with Crippen LogP contribution in [-0.4, -0.2) is 48.4 Å². The van der Waals surface area contributed by atoms with Crippen LogP contribution < -0.4 is 5.32 Å². The van der Waals surface area contributed by atoms with Crippen LogP contribution in [0.5, 0.6) is 0 Å². The summed E-state index contributed by atoms with van der Waals surface area (Å²) in [5.41, 5.74) is 2.46. The maximum Gasteiger partial charge on any atom is 0.0766 e. The van der Waals surface area contributed by atoms with E-state index in [2.05, 4.69) is 63.9 Å². The van der Waals surface area contributed by atoms with Crippen molar-refractivity contribution in [3.63, 3.8) is 0 Å². The van der Waals surface area contributed by atoms with E-state index in [0.29, 0.717) is 6.04 Å². The molecule has 1 heterocycles. The van der Waals surface area contributed by atoms with Gasteiger partial charge in [0, 0.05) is 25.6 Å². The molecular formula is C13H25BrN4. The van der Waals surface area contributed by atoms with Crippen LogP contribution in [0.15, 0.2) is 4.47 Å². The minimum atomic E-state index is 0.447. The summed E-state index contributed by atoms with van der Waals surface area (Å²) >= 11 is 3.70. The van der Waals surface area contributed by atoms with Crippen molar-refractivity contribution in [2.75, 3.05) is 27.7 Å². The Morgan fingerprint density at radius 3 is 2.50 bits per heavy atom. The number of hydrogen-bond donors (Lipinski definition) is 1. The van der Waals surface area contributed by atoms with E-state index in [1.807, 2.05) is 7.05 Å². The van der Waals surface area contributed by atoms with Gasteiger partial charge < -0.3 is 10.2 Å². The number of aromatic nitrogens is 2. The van der Waals surface area contributed by atoms with E-state index >= 15 is 0 Å². The first kappa shape index (κ1) is 15.7. The molecule has 1 N–H and O–H groups in total. The van der Waals surface area contributed by atoms with Gasteiger partial charge in [0.1, 0.15) is 0 Å². The largest absolute Gasteiger partial charge is 0.315 e. The van der Waals surface area contributed by atoms with Crippen molar-refractivity contribution in [1.82, 2.24) is 20.0 Å². The Morgan fingerprint density at radius 2 is 2.06 bits per heavy atom. The highest BCUT2D eigenvalue weighted by molar-refractivity contribution is 9.10. The lowest BCUT2D eigenvalue weighted by Gasteiger charge is -2.21. The summed E-state index contributed by atoms with van der Waals surface area (Å²) < 4.78 is 3.30. The SMILES string of the molecule is CCc1nn(CC)c(CC(CN(C)C)NC)c1Br. The zero-order valence-corrected chi connectivity index (χ0v) is 13.7. The van der Waals surface area contributed by atoms with E-state index in [0.717, 1.165) is 31.6 Å². The summed E-state index contributed by atoms with van der Waals surface area (Å²) in [5.74, 6) is 0. The van der Waals surface area contributed by atoms with E-state index in [1.54, 1.807) is 0 Å². The van der Waals surface area contributed by atoms with Crippen molar-refractivity contribution in [2.24, 2.45) is 0 Å². The molecule has 1 unspecified atom stereocenters. The third kappa shape index (κ3) is 3.80. The van der Waals surface area contributed by atoms with E-state index in [4.69, 9.17) is 0 Å². The lowest BCUT2D eigenvalue weighted by atomic mass is 10.1. The van der Waals surface area contributed by atoms with Crippen molar-refractivity contribution >= 4 is 15.9 Å². The first-order valence-corrected chi connectivity index (χ1v) is 7.38. The fourth-order valence-corrected chi connectivity index (χ4v) is 2.87. The third-order valence-electron chi connectivity index (χ3n) is 3.13. The number of rotatable bonds is 7. The van der Waals surface area contributed by atoms with Crippen molar-refractivity contribution < 1.29 is 0 Å². The number of nitrogens with zero attached hydrogens (tertiary/aromatic N) is 3. The van der Waals surface area contributed by atoms with Crippen LogP contribution in [0.2, 0.25) is 0 Å². The molecule has 0 amide bonds. The molecule has 0 aliphatic heterocycles. The predicted molar refractivity (Wildman–Crippen MR) is 80.1 cm³/mol. The number of aryl methyl sites for hydroxylation is 2. The fourth-order valence-electron chi connectivity index (χ4n) is 2.14. The van der Waals surface area contributed by atoms with Gasteiger partial charge in [0.25, 0.3) is 0 Å². The number of likely N-dealkylation sites (N-methyl/N-ethyl adjacent to an activating group) is 2. The fraction of sp³-hybridized carbons (Fsp3) is 0.769. The van der Waals surface area contributed by atoms with E-state index < -0.39 is 0 Å². The van der Waals surface area contributed by atoms with Crippen molar-refractivity contribution in [3.8, 4) is 0 Å². The number of hydrogen-bond acceptors (Lipinski definition) is 3. The van der Waals surface area contributed by atoms with Gasteiger partial charge in [0.05, 0.1) is 15.9 Å². The molecule has 1 atom stereocenters. The zero-order chi connectivity index (χ0) is 13.7. The van der Waals surface area contributed by atoms with Crippen molar-refractivity contribution in [1.29, 1.82) is 0 Å². The van der Waals surface area contributed by atoms with Crippen LogP contribution in [0.3, 0.4) is 0 Å². The first-order chi connectivity index (χ1) is 8.53. The highest BCUT2D eigenvalue weighted by Crippen LogP contribution is 2.23. The van der Waals surface area contributed by atoms with Gasteiger partial charge in [-0.25, -0.2) is 0 Å². The Balaban J connectivity index is 2.90. The van der Waals surface area contributed by atoms with Gasteiger partial charge in [-0.15, -0.1) is 0 Å². The lowest BCUT2D eigenvalue weighted by molar-refractivity contribution is 0.342. The van der Waals surface area contributed by atoms with Crippen LogP contribution in [0.4, 0.5) is 0 Å². The van der Waals surface area contributed by atoms with E-state index in [-0.39, 0.29) is 0 Å². The number of nitrogens with one attached hydrogen (secondary N) is 1. The van der Waals surface area contributed by atoms with Gasteiger partial charge in [-0.2, -0.15) is 5.10 Å². The summed E-state index contributed by atoms with van der Waals surface area (Å²) in [6.45, 7) is 6.24. The molecule has 5 heteroatoms. The van der Waals surface area contributed by atoms with Gasteiger partial charge in [-0.05, 0) is 50.4 Å². The molecule has 0 saturated heterocycles.